The maximum atomic E-state index is 13.0. The molecule has 2 N–H and O–H groups in total. The second-order valence-electron chi connectivity index (χ2n) is 6.02. The van der Waals surface area contributed by atoms with Gasteiger partial charge in [0.15, 0.2) is 6.10 Å². The predicted molar refractivity (Wildman–Crippen MR) is 100.0 cm³/mol. The number of benzene rings is 2. The van der Waals surface area contributed by atoms with Crippen LogP contribution in [-0.2, 0) is 9.47 Å². The zero-order valence-electron chi connectivity index (χ0n) is 14.7. The van der Waals surface area contributed by atoms with Crippen LogP contribution in [-0.4, -0.2) is 51.6 Å². The Morgan fingerprint density at radius 1 is 1.14 bits per heavy atom. The van der Waals surface area contributed by atoms with Gasteiger partial charge < -0.3 is 29.2 Å². The van der Waals surface area contributed by atoms with Crippen LogP contribution in [0.2, 0.25) is 0 Å². The van der Waals surface area contributed by atoms with Crippen LogP contribution in [0.5, 0.6) is 11.5 Å². The molecule has 1 aliphatic rings. The molecule has 0 radical (unpaired) electrons. The third-order valence-corrected chi connectivity index (χ3v) is 4.16. The van der Waals surface area contributed by atoms with Crippen molar-refractivity contribution in [3.8, 4) is 11.5 Å². The standard InChI is InChI=1S/C18H16FNO8S/c19-10-1-5-13(6-2-10)27-18(29)28-16-15(22)14(21)9-25-17(16)26-12-7-3-11(4-8-12)20(23)24/h1-8,14-17,21-22H,9H2/t14-,15+,16-,17-/m1/s1. The van der Waals surface area contributed by atoms with E-state index in [1.54, 1.807) is 0 Å². The fourth-order valence-corrected chi connectivity index (χ4v) is 2.72. The van der Waals surface area contributed by atoms with E-state index in [1.807, 2.05) is 0 Å². The van der Waals surface area contributed by atoms with Crippen LogP contribution in [0.3, 0.4) is 0 Å². The number of nitro groups is 1. The summed E-state index contributed by atoms with van der Waals surface area (Å²) in [4.78, 5) is 10.2. The number of nitrogens with zero attached hydrogens (tertiary/aromatic N) is 1. The zero-order chi connectivity index (χ0) is 21.0. The fraction of sp³-hybridized carbons (Fsp3) is 0.278. The Hall–Kier alpha value is -2.86. The first-order chi connectivity index (χ1) is 13.8. The van der Waals surface area contributed by atoms with Crippen LogP contribution in [0.15, 0.2) is 48.5 Å². The topological polar surface area (TPSA) is 121 Å². The number of nitro benzene ring substituents is 1. The van der Waals surface area contributed by atoms with Crippen LogP contribution in [0.1, 0.15) is 0 Å². The van der Waals surface area contributed by atoms with E-state index in [2.05, 4.69) is 0 Å². The van der Waals surface area contributed by atoms with Gasteiger partial charge in [0.25, 0.3) is 5.69 Å². The first-order valence-electron chi connectivity index (χ1n) is 8.36. The van der Waals surface area contributed by atoms with Gasteiger partial charge in [-0.1, -0.05) is 0 Å². The molecule has 0 spiro atoms. The average molecular weight is 425 g/mol. The first kappa shape index (κ1) is 20.9. The number of aliphatic hydroxyl groups is 2. The number of hydrogen-bond donors (Lipinski definition) is 2. The van der Waals surface area contributed by atoms with E-state index in [-0.39, 0.29) is 23.8 Å². The summed E-state index contributed by atoms with van der Waals surface area (Å²) in [6.45, 7) is -0.232. The van der Waals surface area contributed by atoms with Crippen molar-refractivity contribution < 1.29 is 38.5 Å². The Bertz CT molecular complexity index is 863. The third kappa shape index (κ3) is 5.35. The molecule has 2 aromatic rings. The summed E-state index contributed by atoms with van der Waals surface area (Å²) >= 11 is 4.99. The summed E-state index contributed by atoms with van der Waals surface area (Å²) < 4.78 is 34.6. The molecule has 154 valence electrons. The second-order valence-corrected chi connectivity index (χ2v) is 6.35. The van der Waals surface area contributed by atoms with E-state index in [0.717, 1.165) is 0 Å². The first-order valence-corrected chi connectivity index (χ1v) is 8.77. The van der Waals surface area contributed by atoms with E-state index in [4.69, 9.17) is 31.2 Å². The average Bonchev–Trinajstić information content (AvgIpc) is 2.70. The van der Waals surface area contributed by atoms with Gasteiger partial charge in [-0.25, -0.2) is 4.39 Å². The number of hydrogen-bond acceptors (Lipinski definition) is 9. The monoisotopic (exact) mass is 425 g/mol. The van der Waals surface area contributed by atoms with Gasteiger partial charge in [0, 0.05) is 24.4 Å². The number of rotatable bonds is 5. The van der Waals surface area contributed by atoms with Crippen molar-refractivity contribution in [3.63, 3.8) is 0 Å². The van der Waals surface area contributed by atoms with Crippen molar-refractivity contribution in [1.29, 1.82) is 0 Å². The van der Waals surface area contributed by atoms with E-state index in [0.29, 0.717) is 0 Å². The van der Waals surface area contributed by atoms with Gasteiger partial charge in [0.2, 0.25) is 6.29 Å². The smallest absolute Gasteiger partial charge is 0.358 e. The molecule has 0 aliphatic carbocycles. The molecule has 1 saturated heterocycles. The lowest BCUT2D eigenvalue weighted by Crippen LogP contribution is -2.56. The van der Waals surface area contributed by atoms with Crippen molar-refractivity contribution >= 4 is 23.1 Å². The minimum atomic E-state index is -1.42. The minimum absolute atomic E-state index is 0.126. The van der Waals surface area contributed by atoms with Gasteiger partial charge in [0.05, 0.1) is 11.5 Å². The third-order valence-electron chi connectivity index (χ3n) is 3.98. The SMILES string of the molecule is O=[N+]([O-])c1ccc(O[C@H]2OC[C@@H](O)[C@H](O)[C@H]2OC(=S)Oc2ccc(F)cc2)cc1. The van der Waals surface area contributed by atoms with Crippen LogP contribution in [0, 0.1) is 15.9 Å². The van der Waals surface area contributed by atoms with Gasteiger partial charge in [-0.3, -0.25) is 10.1 Å². The number of ether oxygens (including phenoxy) is 4. The molecule has 0 saturated carbocycles. The van der Waals surface area contributed by atoms with Crippen molar-refractivity contribution in [2.45, 2.75) is 24.6 Å². The van der Waals surface area contributed by atoms with E-state index < -0.39 is 40.6 Å². The van der Waals surface area contributed by atoms with Gasteiger partial charge >= 0.3 is 5.24 Å². The largest absolute Gasteiger partial charge is 0.461 e. The summed E-state index contributed by atoms with van der Waals surface area (Å²) in [6, 6.07) is 10.2. The molecule has 1 heterocycles. The molecule has 0 bridgehead atoms. The molecule has 0 aromatic heterocycles. The van der Waals surface area contributed by atoms with Crippen molar-refractivity contribution in [1.82, 2.24) is 0 Å². The molecule has 2 aromatic carbocycles. The van der Waals surface area contributed by atoms with Crippen molar-refractivity contribution in [3.05, 3.63) is 64.5 Å². The Balaban J connectivity index is 1.69. The molecule has 4 atom stereocenters. The van der Waals surface area contributed by atoms with Gasteiger partial charge in [0.1, 0.15) is 29.5 Å². The normalized spacial score (nSPS) is 23.8. The summed E-state index contributed by atoms with van der Waals surface area (Å²) in [5.41, 5.74) is -0.126. The summed E-state index contributed by atoms with van der Waals surface area (Å²) in [5.74, 6) is -0.0425. The molecular weight excluding hydrogens is 409 g/mol. The molecular formula is C18H16FNO8S. The molecule has 11 heteroatoms. The number of aliphatic hydroxyl groups excluding tert-OH is 2. The Morgan fingerprint density at radius 2 is 1.76 bits per heavy atom. The lowest BCUT2D eigenvalue weighted by molar-refractivity contribution is -0.384. The minimum Gasteiger partial charge on any atom is -0.461 e. The Kier molecular flexibility index (Phi) is 6.54. The number of halogens is 1. The molecule has 1 fully saturated rings. The summed E-state index contributed by atoms with van der Waals surface area (Å²) in [7, 11) is 0. The summed E-state index contributed by atoms with van der Waals surface area (Å²) in [5, 5.41) is 30.4. The lowest BCUT2D eigenvalue weighted by atomic mass is 10.1. The molecule has 29 heavy (non-hydrogen) atoms. The Morgan fingerprint density at radius 3 is 2.38 bits per heavy atom. The predicted octanol–water partition coefficient (Wildman–Crippen LogP) is 1.94. The van der Waals surface area contributed by atoms with Gasteiger partial charge in [-0.15, -0.1) is 0 Å². The van der Waals surface area contributed by atoms with E-state index in [9.17, 15) is 24.7 Å². The van der Waals surface area contributed by atoms with E-state index in [1.165, 1.54) is 48.5 Å². The molecule has 0 amide bonds. The van der Waals surface area contributed by atoms with Crippen LogP contribution >= 0.6 is 12.2 Å². The number of non-ortho nitro benzene ring substituents is 1. The van der Waals surface area contributed by atoms with Crippen molar-refractivity contribution in [2.75, 3.05) is 6.61 Å². The molecule has 1 aliphatic heterocycles. The van der Waals surface area contributed by atoms with Gasteiger partial charge in [-0.2, -0.15) is 0 Å². The second kappa shape index (κ2) is 9.09. The van der Waals surface area contributed by atoms with Crippen LogP contribution in [0.4, 0.5) is 10.1 Å². The Labute approximate surface area is 169 Å². The highest BCUT2D eigenvalue weighted by atomic mass is 32.1. The van der Waals surface area contributed by atoms with Gasteiger partial charge in [-0.05, 0) is 36.4 Å². The lowest BCUT2D eigenvalue weighted by Gasteiger charge is -2.37. The maximum absolute atomic E-state index is 13.0. The van der Waals surface area contributed by atoms with E-state index >= 15 is 0 Å². The molecule has 0 unspecified atom stereocenters. The summed E-state index contributed by atoms with van der Waals surface area (Å²) in [6.07, 6.45) is -5.13. The molecule has 9 nitrogen and oxygen atoms in total. The highest BCUT2D eigenvalue weighted by molar-refractivity contribution is 7.79. The van der Waals surface area contributed by atoms with Crippen LogP contribution < -0.4 is 9.47 Å². The molecule has 3 rings (SSSR count). The zero-order valence-corrected chi connectivity index (χ0v) is 15.5. The highest BCUT2D eigenvalue weighted by Gasteiger charge is 2.43. The highest BCUT2D eigenvalue weighted by Crippen LogP contribution is 2.25. The maximum Gasteiger partial charge on any atom is 0.358 e. The van der Waals surface area contributed by atoms with Crippen LogP contribution in [0.25, 0.3) is 0 Å². The van der Waals surface area contributed by atoms with Crippen molar-refractivity contribution in [2.24, 2.45) is 0 Å². The fourth-order valence-electron chi connectivity index (χ4n) is 2.51. The quantitative estimate of drug-likeness (QED) is 0.421. The number of thiocarbonyl (C=S) groups is 1.